The maximum absolute atomic E-state index is 9.28. The fourth-order valence-corrected chi connectivity index (χ4v) is 1.51. The van der Waals surface area contributed by atoms with Gasteiger partial charge < -0.3 is 15.8 Å². The van der Waals surface area contributed by atoms with E-state index in [1.165, 1.54) is 0 Å². The predicted octanol–water partition coefficient (Wildman–Crippen LogP) is 2.47. The minimum absolute atomic E-state index is 0. The average molecular weight is 402 g/mol. The van der Waals surface area contributed by atoms with E-state index in [1.54, 1.807) is 12.1 Å². The van der Waals surface area contributed by atoms with Crippen LogP contribution in [-0.2, 0) is 6.42 Å². The number of phenolic OH excluding ortho intramolecular Hbond substituents is 1. The molecule has 2 rings (SSSR count). The number of rotatable bonds is 2. The molecule has 0 amide bonds. The molecule has 0 fully saturated rings. The third-order valence-electron chi connectivity index (χ3n) is 2.15. The van der Waals surface area contributed by atoms with Crippen LogP contribution >= 0.6 is 0 Å². The molecule has 0 atom stereocenters. The van der Waals surface area contributed by atoms with Crippen molar-refractivity contribution >= 4 is 10.9 Å². The van der Waals surface area contributed by atoms with Crippen molar-refractivity contribution in [3.8, 4) is 5.75 Å². The molecule has 14 heavy (non-hydrogen) atoms. The largest absolute Gasteiger partial charge is 0.677 e. The van der Waals surface area contributed by atoms with Crippen molar-refractivity contribution in [1.82, 2.24) is 4.98 Å². The molecule has 3 N–H and O–H groups in total. The molecule has 1 radical (unpaired) electrons. The zero-order chi connectivity index (χ0) is 9.26. The number of fused-ring (bicyclic) bond motifs is 1. The summed E-state index contributed by atoms with van der Waals surface area (Å²) in [5, 5.41) is 10.3. The second-order valence-corrected chi connectivity index (χ2v) is 3.04. The van der Waals surface area contributed by atoms with Gasteiger partial charge in [0.25, 0.3) is 0 Å². The van der Waals surface area contributed by atoms with E-state index in [0.29, 0.717) is 6.54 Å². The van der Waals surface area contributed by atoms with Crippen molar-refractivity contribution in [3.05, 3.63) is 35.7 Å². The van der Waals surface area contributed by atoms with Crippen molar-refractivity contribution in [2.45, 2.75) is 6.42 Å². The Morgan fingerprint density at radius 2 is 2.14 bits per heavy atom. The summed E-state index contributed by atoms with van der Waals surface area (Å²) < 4.78 is 0. The van der Waals surface area contributed by atoms with Crippen molar-refractivity contribution in [3.63, 3.8) is 0 Å². The zero-order valence-electron chi connectivity index (χ0n) is 7.75. The van der Waals surface area contributed by atoms with Gasteiger partial charge in [-0.05, 0) is 30.2 Å². The summed E-state index contributed by atoms with van der Waals surface area (Å²) in [6, 6.07) is 5.23. The van der Waals surface area contributed by atoms with E-state index in [9.17, 15) is 5.11 Å². The molecule has 0 unspecified atom stereocenters. The molecule has 4 heteroatoms. The topological polar surface area (TPSA) is 59.8 Å². The Labute approximate surface area is 118 Å². The first-order valence-corrected chi connectivity index (χ1v) is 4.25. The summed E-state index contributed by atoms with van der Waals surface area (Å²) in [5.74, 6) is 0.276. The first-order valence-electron chi connectivity index (χ1n) is 4.25. The van der Waals surface area contributed by atoms with E-state index in [1.807, 2.05) is 12.3 Å². The fraction of sp³-hybridized carbons (Fsp3) is 0.200. The van der Waals surface area contributed by atoms with Crippen LogP contribution in [0.3, 0.4) is 0 Å². The standard InChI is InChI=1S/C10H11N2O.Ac/c11-4-3-7-6-12-10-2-1-8(13)5-9(7)10;/h1-2,5-6,11-13H,3-4H2;/q-1;. The molecule has 0 bridgehead atoms. The van der Waals surface area contributed by atoms with Gasteiger partial charge in [-0.3, -0.25) is 0 Å². The van der Waals surface area contributed by atoms with Crippen LogP contribution in [0.25, 0.3) is 16.6 Å². The number of hydrogen-bond acceptors (Lipinski definition) is 1. The molecule has 0 saturated carbocycles. The fourth-order valence-electron chi connectivity index (χ4n) is 1.51. The van der Waals surface area contributed by atoms with Crippen LogP contribution in [0, 0.1) is 44.1 Å². The minimum Gasteiger partial charge on any atom is -0.677 e. The maximum atomic E-state index is 9.28. The molecule has 1 aromatic carbocycles. The molecule has 0 aliphatic heterocycles. The Morgan fingerprint density at radius 3 is 2.86 bits per heavy atom. The van der Waals surface area contributed by atoms with E-state index in [0.717, 1.165) is 22.9 Å². The van der Waals surface area contributed by atoms with Crippen LogP contribution in [-0.4, -0.2) is 16.6 Å². The molecular formula is C10H11AcN2O-. The SMILES string of the molecule is [Ac].[NH-]CCc1c[nH]c2ccc(O)cc12. The molecule has 0 aliphatic carbocycles. The predicted molar refractivity (Wildman–Crippen MR) is 52.9 cm³/mol. The summed E-state index contributed by atoms with van der Waals surface area (Å²) in [7, 11) is 0. The Hall–Kier alpha value is -0.0384. The average Bonchev–Trinajstić information content (AvgIpc) is 2.49. The number of hydrogen-bond donors (Lipinski definition) is 2. The Bertz CT molecular complexity index is 425. The third-order valence-corrected chi connectivity index (χ3v) is 2.15. The first-order chi connectivity index (χ1) is 6.31. The third kappa shape index (κ3) is 2.31. The minimum atomic E-state index is 0. The van der Waals surface area contributed by atoms with Gasteiger partial charge in [-0.25, -0.2) is 0 Å². The molecule has 3 nitrogen and oxygen atoms in total. The van der Waals surface area contributed by atoms with Crippen LogP contribution < -0.4 is 0 Å². The van der Waals surface area contributed by atoms with E-state index < -0.39 is 0 Å². The molecule has 71 valence electrons. The van der Waals surface area contributed by atoms with Gasteiger partial charge in [-0.2, -0.15) is 0 Å². The number of phenols is 1. The second-order valence-electron chi connectivity index (χ2n) is 3.04. The molecule has 1 heterocycles. The summed E-state index contributed by atoms with van der Waals surface area (Å²) in [4.78, 5) is 3.11. The van der Waals surface area contributed by atoms with Crippen LogP contribution in [0.1, 0.15) is 5.56 Å². The van der Waals surface area contributed by atoms with Crippen LogP contribution in [0.2, 0.25) is 0 Å². The van der Waals surface area contributed by atoms with Crippen LogP contribution in [0.4, 0.5) is 0 Å². The molecular weight excluding hydrogens is 391 g/mol. The van der Waals surface area contributed by atoms with Gasteiger partial charge in [0.2, 0.25) is 0 Å². The van der Waals surface area contributed by atoms with Crippen molar-refractivity contribution in [2.75, 3.05) is 6.54 Å². The molecule has 2 aromatic rings. The van der Waals surface area contributed by atoms with E-state index >= 15 is 0 Å². The number of H-pyrrole nitrogens is 1. The number of aromatic hydroxyl groups is 1. The van der Waals surface area contributed by atoms with Crippen LogP contribution in [0.5, 0.6) is 5.75 Å². The Balaban J connectivity index is 0.000000980. The van der Waals surface area contributed by atoms with Crippen molar-refractivity contribution in [2.24, 2.45) is 0 Å². The van der Waals surface area contributed by atoms with E-state index in [2.05, 4.69) is 4.98 Å². The summed E-state index contributed by atoms with van der Waals surface area (Å²) in [6.45, 7) is 0.378. The van der Waals surface area contributed by atoms with Crippen LogP contribution in [0.15, 0.2) is 24.4 Å². The smallest absolute Gasteiger partial charge is 0.116 e. The number of nitrogens with one attached hydrogen (secondary N) is 2. The zero-order valence-corrected chi connectivity index (χ0v) is 12.5. The van der Waals surface area contributed by atoms with Gasteiger partial charge >= 0.3 is 0 Å². The Morgan fingerprint density at radius 1 is 1.36 bits per heavy atom. The normalized spacial score (nSPS) is 10.1. The van der Waals surface area contributed by atoms with Gasteiger partial charge in [0.05, 0.1) is 0 Å². The first kappa shape index (κ1) is 12.0. The quantitative estimate of drug-likeness (QED) is 0.797. The molecule has 1 aromatic heterocycles. The van der Waals surface area contributed by atoms with Gasteiger partial charge in [-0.1, -0.05) is 0 Å². The second kappa shape index (κ2) is 5.16. The number of benzene rings is 1. The van der Waals surface area contributed by atoms with Crippen molar-refractivity contribution < 1.29 is 49.2 Å². The Kier molecular flexibility index (Phi) is 4.43. The van der Waals surface area contributed by atoms with Crippen molar-refractivity contribution in [1.29, 1.82) is 0 Å². The molecule has 0 spiro atoms. The maximum Gasteiger partial charge on any atom is 0.116 e. The number of aromatic amines is 1. The number of aromatic nitrogens is 1. The summed E-state index contributed by atoms with van der Waals surface area (Å²) >= 11 is 0. The summed E-state index contributed by atoms with van der Waals surface area (Å²) in [6.07, 6.45) is 2.63. The monoisotopic (exact) mass is 402 g/mol. The molecule has 0 aliphatic rings. The molecule has 0 saturated heterocycles. The van der Waals surface area contributed by atoms with Gasteiger partial charge in [-0.15, -0.1) is 6.54 Å². The van der Waals surface area contributed by atoms with Gasteiger partial charge in [0, 0.05) is 61.2 Å². The van der Waals surface area contributed by atoms with E-state index in [4.69, 9.17) is 5.73 Å². The summed E-state index contributed by atoms with van der Waals surface area (Å²) in [5.41, 5.74) is 9.24. The van der Waals surface area contributed by atoms with Gasteiger partial charge in [0.1, 0.15) is 5.75 Å². The van der Waals surface area contributed by atoms with E-state index in [-0.39, 0.29) is 49.8 Å². The van der Waals surface area contributed by atoms with Gasteiger partial charge in [0.15, 0.2) is 0 Å².